The van der Waals surface area contributed by atoms with Gasteiger partial charge in [-0.3, -0.25) is 0 Å². The molecule has 3 nitrogen and oxygen atoms in total. The molecule has 2 rings (SSSR count). The molecule has 0 aliphatic rings. The highest BCUT2D eigenvalue weighted by Crippen LogP contribution is 2.30. The molecule has 0 saturated heterocycles. The summed E-state index contributed by atoms with van der Waals surface area (Å²) >= 11 is 9.45. The number of anilines is 1. The Bertz CT molecular complexity index is 536. The van der Waals surface area contributed by atoms with Crippen molar-refractivity contribution >= 4 is 39.4 Å². The molecular weight excluding hydrogens is 302 g/mol. The van der Waals surface area contributed by atoms with Crippen molar-refractivity contribution < 1.29 is 0 Å². The lowest BCUT2D eigenvalue weighted by Gasteiger charge is -2.08. The second-order valence-electron chi connectivity index (χ2n) is 3.47. The van der Waals surface area contributed by atoms with Crippen molar-refractivity contribution in [1.29, 1.82) is 0 Å². The summed E-state index contributed by atoms with van der Waals surface area (Å²) in [7, 11) is 0. The maximum absolute atomic E-state index is 6.01. The van der Waals surface area contributed by atoms with E-state index in [2.05, 4.69) is 32.9 Å². The van der Waals surface area contributed by atoms with Crippen molar-refractivity contribution in [1.82, 2.24) is 9.78 Å². The van der Waals surface area contributed by atoms with Gasteiger partial charge in [0, 0.05) is 24.5 Å². The molecular formula is C12H11BrClN3. The zero-order valence-electron chi connectivity index (χ0n) is 9.03. The van der Waals surface area contributed by atoms with E-state index in [9.17, 15) is 0 Å². The molecule has 17 heavy (non-hydrogen) atoms. The van der Waals surface area contributed by atoms with E-state index < -0.39 is 0 Å². The number of aromatic nitrogens is 2. The number of halogens is 2. The van der Waals surface area contributed by atoms with Gasteiger partial charge in [0.2, 0.25) is 0 Å². The Balaban J connectivity index is 2.07. The molecule has 0 aliphatic carbocycles. The number of hydrogen-bond donors (Lipinski definition) is 1. The summed E-state index contributed by atoms with van der Waals surface area (Å²) in [5, 5.41) is 8.09. The van der Waals surface area contributed by atoms with Crippen LogP contribution in [0.15, 0.2) is 41.6 Å². The quantitative estimate of drug-likeness (QED) is 0.924. The number of rotatable bonds is 4. The zero-order valence-corrected chi connectivity index (χ0v) is 11.4. The molecule has 2 aromatic rings. The second-order valence-corrected chi connectivity index (χ2v) is 4.67. The topological polar surface area (TPSA) is 29.9 Å². The van der Waals surface area contributed by atoms with Gasteiger partial charge < -0.3 is 5.32 Å². The molecule has 5 heteroatoms. The average Bonchev–Trinajstić information content (AvgIpc) is 2.79. The summed E-state index contributed by atoms with van der Waals surface area (Å²) in [6.07, 6.45) is 5.37. The van der Waals surface area contributed by atoms with Crippen LogP contribution in [0.2, 0.25) is 5.02 Å². The normalized spacial score (nSPS) is 10.2. The summed E-state index contributed by atoms with van der Waals surface area (Å²) < 4.78 is 2.54. The maximum Gasteiger partial charge on any atom is 0.0593 e. The van der Waals surface area contributed by atoms with Crippen LogP contribution in [-0.4, -0.2) is 9.78 Å². The predicted molar refractivity (Wildman–Crippen MR) is 75.1 cm³/mol. The van der Waals surface area contributed by atoms with Crippen molar-refractivity contribution in [3.05, 3.63) is 52.2 Å². The molecule has 1 aromatic carbocycles. The van der Waals surface area contributed by atoms with Crippen LogP contribution < -0.4 is 5.32 Å². The third-order valence-electron chi connectivity index (χ3n) is 2.28. The SMILES string of the molecule is C=Cn1cc(CNc2cccc(Cl)c2Br)cn1. The molecule has 0 aliphatic heterocycles. The molecule has 0 saturated carbocycles. The minimum Gasteiger partial charge on any atom is -0.380 e. The summed E-state index contributed by atoms with van der Waals surface area (Å²) in [5.41, 5.74) is 2.04. The minimum atomic E-state index is 0.687. The second kappa shape index (κ2) is 5.38. The van der Waals surface area contributed by atoms with Crippen molar-refractivity contribution in [2.24, 2.45) is 0 Å². The molecule has 0 unspecified atom stereocenters. The van der Waals surface area contributed by atoms with Crippen molar-refractivity contribution in [3.63, 3.8) is 0 Å². The molecule has 0 atom stereocenters. The number of nitrogens with zero attached hydrogens (tertiary/aromatic N) is 2. The summed E-state index contributed by atoms with van der Waals surface area (Å²) in [6, 6.07) is 5.71. The minimum absolute atomic E-state index is 0.687. The first kappa shape index (κ1) is 12.2. The first-order valence-corrected chi connectivity index (χ1v) is 6.21. The van der Waals surface area contributed by atoms with Gasteiger partial charge in [-0.1, -0.05) is 24.2 Å². The van der Waals surface area contributed by atoms with Gasteiger partial charge in [-0.2, -0.15) is 5.10 Å². The van der Waals surface area contributed by atoms with Gasteiger partial charge >= 0.3 is 0 Å². The Hall–Kier alpha value is -1.26. The molecule has 1 heterocycles. The van der Waals surface area contributed by atoms with Gasteiger partial charge in [0.1, 0.15) is 0 Å². The van der Waals surface area contributed by atoms with Crippen LogP contribution in [0.5, 0.6) is 0 Å². The van der Waals surface area contributed by atoms with Crippen LogP contribution in [0, 0.1) is 0 Å². The third kappa shape index (κ3) is 2.90. The fourth-order valence-corrected chi connectivity index (χ4v) is 1.99. The highest BCUT2D eigenvalue weighted by atomic mass is 79.9. The number of benzene rings is 1. The van der Waals surface area contributed by atoms with Crippen LogP contribution in [0.1, 0.15) is 5.56 Å². The Kier molecular flexibility index (Phi) is 3.86. The Morgan fingerprint density at radius 3 is 3.06 bits per heavy atom. The van der Waals surface area contributed by atoms with Gasteiger partial charge in [0.15, 0.2) is 0 Å². The van der Waals surface area contributed by atoms with Crippen LogP contribution in [0.3, 0.4) is 0 Å². The molecule has 0 spiro atoms. The lowest BCUT2D eigenvalue weighted by molar-refractivity contribution is 0.936. The van der Waals surface area contributed by atoms with Crippen LogP contribution in [-0.2, 0) is 6.54 Å². The maximum atomic E-state index is 6.01. The zero-order chi connectivity index (χ0) is 12.3. The van der Waals surface area contributed by atoms with E-state index in [1.54, 1.807) is 17.1 Å². The standard InChI is InChI=1S/C12H11BrClN3/c1-2-17-8-9(7-16-17)6-15-11-5-3-4-10(14)12(11)13/h2-5,7-8,15H,1,6H2. The van der Waals surface area contributed by atoms with E-state index in [0.717, 1.165) is 15.7 Å². The predicted octanol–water partition coefficient (Wildman–Crippen LogP) is 4.01. The fourth-order valence-electron chi connectivity index (χ4n) is 1.41. The Labute approximate surface area is 113 Å². The van der Waals surface area contributed by atoms with Gasteiger partial charge in [0.05, 0.1) is 21.4 Å². The van der Waals surface area contributed by atoms with Gasteiger partial charge in [0.25, 0.3) is 0 Å². The van der Waals surface area contributed by atoms with E-state index in [1.165, 1.54) is 0 Å². The fraction of sp³-hybridized carbons (Fsp3) is 0.0833. The molecule has 0 amide bonds. The van der Waals surface area contributed by atoms with Gasteiger partial charge in [-0.25, -0.2) is 4.68 Å². The van der Waals surface area contributed by atoms with E-state index in [0.29, 0.717) is 11.6 Å². The summed E-state index contributed by atoms with van der Waals surface area (Å²) in [4.78, 5) is 0. The Morgan fingerprint density at radius 2 is 2.35 bits per heavy atom. The number of hydrogen-bond acceptors (Lipinski definition) is 2. The van der Waals surface area contributed by atoms with Crippen LogP contribution in [0.25, 0.3) is 6.20 Å². The molecule has 88 valence electrons. The van der Waals surface area contributed by atoms with Crippen LogP contribution in [0.4, 0.5) is 5.69 Å². The van der Waals surface area contributed by atoms with Crippen molar-refractivity contribution in [2.75, 3.05) is 5.32 Å². The van der Waals surface area contributed by atoms with Crippen molar-refractivity contribution in [3.8, 4) is 0 Å². The average molecular weight is 313 g/mol. The molecule has 1 aromatic heterocycles. The van der Waals surface area contributed by atoms with E-state index >= 15 is 0 Å². The number of nitrogens with one attached hydrogen (secondary N) is 1. The van der Waals surface area contributed by atoms with Crippen molar-refractivity contribution in [2.45, 2.75) is 6.54 Å². The molecule has 0 radical (unpaired) electrons. The third-order valence-corrected chi connectivity index (χ3v) is 3.67. The first-order chi connectivity index (χ1) is 8.20. The van der Waals surface area contributed by atoms with E-state index in [-0.39, 0.29) is 0 Å². The molecule has 0 fully saturated rings. The highest BCUT2D eigenvalue weighted by Gasteiger charge is 2.03. The highest BCUT2D eigenvalue weighted by molar-refractivity contribution is 9.10. The van der Waals surface area contributed by atoms with E-state index in [1.807, 2.05) is 24.4 Å². The molecule has 0 bridgehead atoms. The monoisotopic (exact) mass is 311 g/mol. The Morgan fingerprint density at radius 1 is 1.53 bits per heavy atom. The lowest BCUT2D eigenvalue weighted by Crippen LogP contribution is -1.99. The van der Waals surface area contributed by atoms with Gasteiger partial charge in [-0.05, 0) is 28.1 Å². The summed E-state index contributed by atoms with van der Waals surface area (Å²) in [6.45, 7) is 4.33. The lowest BCUT2D eigenvalue weighted by atomic mass is 10.3. The first-order valence-electron chi connectivity index (χ1n) is 5.04. The smallest absolute Gasteiger partial charge is 0.0593 e. The van der Waals surface area contributed by atoms with Crippen LogP contribution >= 0.6 is 27.5 Å². The van der Waals surface area contributed by atoms with Gasteiger partial charge in [-0.15, -0.1) is 0 Å². The van der Waals surface area contributed by atoms with E-state index in [4.69, 9.17) is 11.6 Å². The largest absolute Gasteiger partial charge is 0.380 e. The molecule has 1 N–H and O–H groups in total. The summed E-state index contributed by atoms with van der Waals surface area (Å²) in [5.74, 6) is 0.